The predicted octanol–water partition coefficient (Wildman–Crippen LogP) is 2.46. The summed E-state index contributed by atoms with van der Waals surface area (Å²) in [5.41, 5.74) is 2.42. The predicted molar refractivity (Wildman–Crippen MR) is 94.2 cm³/mol. The van der Waals surface area contributed by atoms with E-state index in [-0.39, 0.29) is 0 Å². The number of aromatic nitrogens is 4. The lowest BCUT2D eigenvalue weighted by Gasteiger charge is -2.26. The van der Waals surface area contributed by atoms with Crippen LogP contribution in [0.25, 0.3) is 5.69 Å². The maximum Gasteiger partial charge on any atom is 0.124 e. The van der Waals surface area contributed by atoms with Crippen LogP contribution in [0.2, 0.25) is 0 Å². The van der Waals surface area contributed by atoms with Gasteiger partial charge in [-0.25, -0.2) is 9.67 Å². The summed E-state index contributed by atoms with van der Waals surface area (Å²) < 4.78 is 4.05. The fourth-order valence-electron chi connectivity index (χ4n) is 3.13. The van der Waals surface area contributed by atoms with Crippen LogP contribution in [0.3, 0.4) is 0 Å². The summed E-state index contributed by atoms with van der Waals surface area (Å²) in [6, 6.07) is 11.0. The minimum Gasteiger partial charge on any atom is -0.370 e. The molecule has 2 aromatic heterocycles. The third-order valence-electron chi connectivity index (χ3n) is 4.63. The molecule has 2 N–H and O–H groups in total. The van der Waals surface area contributed by atoms with Crippen molar-refractivity contribution in [2.75, 3.05) is 18.4 Å². The fourth-order valence-corrected chi connectivity index (χ4v) is 3.13. The molecule has 0 fully saturated rings. The highest BCUT2D eigenvalue weighted by atomic mass is 15.3. The molecule has 3 aromatic rings. The van der Waals surface area contributed by atoms with Gasteiger partial charge >= 0.3 is 0 Å². The van der Waals surface area contributed by atoms with Gasteiger partial charge in [0, 0.05) is 55.7 Å². The van der Waals surface area contributed by atoms with Gasteiger partial charge in [0.25, 0.3) is 0 Å². The van der Waals surface area contributed by atoms with E-state index in [1.165, 1.54) is 5.56 Å². The largest absolute Gasteiger partial charge is 0.370 e. The molecular formula is C18H22N6. The smallest absolute Gasteiger partial charge is 0.124 e. The highest BCUT2D eigenvalue weighted by Gasteiger charge is 2.18. The van der Waals surface area contributed by atoms with Crippen LogP contribution in [-0.4, -0.2) is 32.4 Å². The molecule has 124 valence electrons. The number of nitrogens with zero attached hydrogens (tertiary/aromatic N) is 4. The summed E-state index contributed by atoms with van der Waals surface area (Å²) in [6.45, 7) is 5.14. The van der Waals surface area contributed by atoms with Crippen molar-refractivity contribution in [2.24, 2.45) is 5.92 Å². The first-order chi connectivity index (χ1) is 11.8. The van der Waals surface area contributed by atoms with Crippen LogP contribution in [0.1, 0.15) is 18.5 Å². The molecule has 1 aliphatic heterocycles. The van der Waals surface area contributed by atoms with Crippen LogP contribution in [-0.2, 0) is 6.54 Å². The van der Waals surface area contributed by atoms with Crippen LogP contribution < -0.4 is 10.6 Å². The zero-order valence-corrected chi connectivity index (χ0v) is 13.8. The van der Waals surface area contributed by atoms with Crippen molar-refractivity contribution in [3.63, 3.8) is 0 Å². The monoisotopic (exact) mass is 322 g/mol. The highest BCUT2D eigenvalue weighted by molar-refractivity contribution is 5.36. The van der Waals surface area contributed by atoms with E-state index in [1.54, 1.807) is 6.20 Å². The molecule has 0 aliphatic carbocycles. The molecule has 6 heteroatoms. The van der Waals surface area contributed by atoms with Crippen molar-refractivity contribution in [3.8, 4) is 5.69 Å². The Kier molecular flexibility index (Phi) is 4.04. The Morgan fingerprint density at radius 2 is 2.12 bits per heavy atom. The summed E-state index contributed by atoms with van der Waals surface area (Å²) in [6.07, 6.45) is 7.41. The van der Waals surface area contributed by atoms with Crippen molar-refractivity contribution in [3.05, 3.63) is 60.8 Å². The number of benzene rings is 1. The van der Waals surface area contributed by atoms with E-state index in [0.717, 1.165) is 31.1 Å². The number of rotatable bonds is 5. The first-order valence-corrected chi connectivity index (χ1v) is 8.37. The fraction of sp³-hybridized carbons (Fsp3) is 0.333. The lowest BCUT2D eigenvalue weighted by atomic mass is 10.1. The highest BCUT2D eigenvalue weighted by Crippen LogP contribution is 2.18. The Morgan fingerprint density at radius 1 is 1.25 bits per heavy atom. The molecule has 0 amide bonds. The number of imidazole rings is 1. The quantitative estimate of drug-likeness (QED) is 0.757. The standard InChI is InChI=1S/C18H22N6/c1-14(16-2-4-17(5-3-16)23-9-8-19-13-23)20-10-15-11-21-18-6-7-22-24(18)12-15/h2-9,13-15,20-21H,10-12H2,1H3/t14-,15+/m0/s1. The second kappa shape index (κ2) is 6.49. The topological polar surface area (TPSA) is 59.7 Å². The van der Waals surface area contributed by atoms with Gasteiger partial charge in [-0.2, -0.15) is 5.10 Å². The maximum absolute atomic E-state index is 4.35. The van der Waals surface area contributed by atoms with E-state index >= 15 is 0 Å². The summed E-state index contributed by atoms with van der Waals surface area (Å²) in [4.78, 5) is 4.09. The zero-order valence-electron chi connectivity index (χ0n) is 13.8. The third-order valence-corrected chi connectivity index (χ3v) is 4.63. The van der Waals surface area contributed by atoms with Gasteiger partial charge in [0.15, 0.2) is 0 Å². The molecule has 0 saturated heterocycles. The van der Waals surface area contributed by atoms with Gasteiger partial charge in [0.1, 0.15) is 5.82 Å². The molecule has 0 unspecified atom stereocenters. The zero-order chi connectivity index (χ0) is 16.4. The summed E-state index contributed by atoms with van der Waals surface area (Å²) >= 11 is 0. The molecule has 1 aliphatic rings. The third kappa shape index (κ3) is 3.05. The molecule has 3 heterocycles. The van der Waals surface area contributed by atoms with Crippen molar-refractivity contribution >= 4 is 5.82 Å². The summed E-state index contributed by atoms with van der Waals surface area (Å²) in [7, 11) is 0. The Balaban J connectivity index is 1.34. The number of fused-ring (bicyclic) bond motifs is 1. The lowest BCUT2D eigenvalue weighted by molar-refractivity contribution is 0.376. The first-order valence-electron chi connectivity index (χ1n) is 8.37. The molecule has 1 aromatic carbocycles. The van der Waals surface area contributed by atoms with Crippen molar-refractivity contribution in [1.29, 1.82) is 0 Å². The number of anilines is 1. The molecular weight excluding hydrogens is 300 g/mol. The Morgan fingerprint density at radius 3 is 2.92 bits per heavy atom. The van der Waals surface area contributed by atoms with E-state index in [1.807, 2.05) is 34.0 Å². The first kappa shape index (κ1) is 15.0. The lowest BCUT2D eigenvalue weighted by Crippen LogP contribution is -2.36. The SMILES string of the molecule is C[C@H](NC[C@@H]1CNc2ccnn2C1)c1ccc(-n2ccnc2)cc1. The molecule has 0 spiro atoms. The second-order valence-electron chi connectivity index (χ2n) is 6.34. The second-order valence-corrected chi connectivity index (χ2v) is 6.34. The van der Waals surface area contributed by atoms with Crippen molar-refractivity contribution < 1.29 is 0 Å². The van der Waals surface area contributed by atoms with E-state index < -0.39 is 0 Å². The number of nitrogens with one attached hydrogen (secondary N) is 2. The van der Waals surface area contributed by atoms with Gasteiger partial charge in [0.2, 0.25) is 0 Å². The minimum atomic E-state index is 0.320. The molecule has 4 rings (SSSR count). The minimum absolute atomic E-state index is 0.320. The van der Waals surface area contributed by atoms with Gasteiger partial charge in [-0.3, -0.25) is 0 Å². The van der Waals surface area contributed by atoms with Gasteiger partial charge in [-0.15, -0.1) is 0 Å². The average molecular weight is 322 g/mol. The summed E-state index contributed by atoms with van der Waals surface area (Å²) in [5, 5.41) is 11.4. The van der Waals surface area contributed by atoms with E-state index in [2.05, 4.69) is 51.9 Å². The van der Waals surface area contributed by atoms with Crippen LogP contribution in [0.4, 0.5) is 5.82 Å². The molecule has 2 atom stereocenters. The Labute approximate surface area is 141 Å². The molecule has 0 saturated carbocycles. The summed E-state index contributed by atoms with van der Waals surface area (Å²) in [5.74, 6) is 1.67. The molecule has 6 nitrogen and oxygen atoms in total. The van der Waals surface area contributed by atoms with Crippen molar-refractivity contribution in [1.82, 2.24) is 24.6 Å². The van der Waals surface area contributed by atoms with Gasteiger partial charge in [-0.1, -0.05) is 12.1 Å². The number of hydrogen-bond acceptors (Lipinski definition) is 4. The van der Waals surface area contributed by atoms with Crippen LogP contribution in [0, 0.1) is 5.92 Å². The van der Waals surface area contributed by atoms with Gasteiger partial charge in [0.05, 0.1) is 12.5 Å². The van der Waals surface area contributed by atoms with E-state index in [9.17, 15) is 0 Å². The van der Waals surface area contributed by atoms with E-state index in [0.29, 0.717) is 12.0 Å². The molecule has 0 bridgehead atoms. The molecule has 0 radical (unpaired) electrons. The van der Waals surface area contributed by atoms with Crippen molar-refractivity contribution in [2.45, 2.75) is 19.5 Å². The van der Waals surface area contributed by atoms with Crippen LogP contribution in [0.15, 0.2) is 55.2 Å². The normalized spacial score (nSPS) is 18.0. The number of hydrogen-bond donors (Lipinski definition) is 2. The van der Waals surface area contributed by atoms with Crippen LogP contribution >= 0.6 is 0 Å². The van der Waals surface area contributed by atoms with E-state index in [4.69, 9.17) is 0 Å². The Bertz CT molecular complexity index is 774. The average Bonchev–Trinajstić information content (AvgIpc) is 3.31. The van der Waals surface area contributed by atoms with Gasteiger partial charge in [-0.05, 0) is 24.6 Å². The Hall–Kier alpha value is -2.60. The maximum atomic E-state index is 4.35. The molecule has 24 heavy (non-hydrogen) atoms. The van der Waals surface area contributed by atoms with Crippen LogP contribution in [0.5, 0.6) is 0 Å². The van der Waals surface area contributed by atoms with Gasteiger partial charge < -0.3 is 15.2 Å².